The number of rotatable bonds is 6. The third-order valence-electron chi connectivity index (χ3n) is 5.16. The molecule has 1 aliphatic heterocycles. The first-order chi connectivity index (χ1) is 16.1. The van der Waals surface area contributed by atoms with E-state index >= 15 is 0 Å². The zero-order chi connectivity index (χ0) is 23.2. The number of aliphatic hydroxyl groups is 2. The Bertz CT molecular complexity index is 1190. The Morgan fingerprint density at radius 1 is 1.21 bits per heavy atom. The van der Waals surface area contributed by atoms with Gasteiger partial charge < -0.3 is 14.9 Å². The van der Waals surface area contributed by atoms with Crippen LogP contribution in [0.15, 0.2) is 54.6 Å². The van der Waals surface area contributed by atoms with Crippen LogP contribution in [0.3, 0.4) is 0 Å². The first-order valence-electron chi connectivity index (χ1n) is 10.5. The van der Waals surface area contributed by atoms with Crippen molar-refractivity contribution in [2.75, 3.05) is 30.0 Å². The average molecular weight is 445 g/mol. The molecular weight excluding hydrogens is 422 g/mol. The van der Waals surface area contributed by atoms with Gasteiger partial charge in [0.25, 0.3) is 0 Å². The Labute approximate surface area is 190 Å². The number of urea groups is 1. The minimum absolute atomic E-state index is 0.111. The molecule has 2 amide bonds. The minimum atomic E-state index is -1.01. The standard InChI is InChI=1S/C24H23N5O4/c25-13-16-4-1-5-18(12-16)20-10-9-17-6-3-11-29(23(17)26-20)24(32)28-21-7-2-8-22(27-21)33-15-19(31)14-30/h1-2,4-5,7-10,12,19,30-31H,3,6,11,14-15H2,(H,27,28,32)/t19-/m1/s1. The zero-order valence-corrected chi connectivity index (χ0v) is 17.8. The predicted octanol–water partition coefficient (Wildman–Crippen LogP) is 2.73. The van der Waals surface area contributed by atoms with Crippen molar-refractivity contribution in [3.05, 3.63) is 65.7 Å². The number of aliphatic hydroxyl groups excluding tert-OH is 2. The number of ether oxygens (including phenoxy) is 1. The van der Waals surface area contributed by atoms with Gasteiger partial charge >= 0.3 is 6.03 Å². The first-order valence-corrected chi connectivity index (χ1v) is 10.5. The molecule has 9 nitrogen and oxygen atoms in total. The summed E-state index contributed by atoms with van der Waals surface area (Å²) < 4.78 is 5.34. The van der Waals surface area contributed by atoms with Crippen molar-refractivity contribution >= 4 is 17.7 Å². The number of hydrogen-bond donors (Lipinski definition) is 3. The second-order valence-electron chi connectivity index (χ2n) is 7.57. The van der Waals surface area contributed by atoms with E-state index in [0.29, 0.717) is 29.4 Å². The number of pyridine rings is 2. The number of nitriles is 1. The molecule has 1 aromatic carbocycles. The number of fused-ring (bicyclic) bond motifs is 1. The van der Waals surface area contributed by atoms with E-state index in [0.717, 1.165) is 24.0 Å². The van der Waals surface area contributed by atoms with Crippen LogP contribution >= 0.6 is 0 Å². The molecule has 2 aromatic heterocycles. The normalized spacial score (nSPS) is 13.5. The molecule has 0 saturated heterocycles. The van der Waals surface area contributed by atoms with Crippen LogP contribution in [0.25, 0.3) is 11.3 Å². The Balaban J connectivity index is 1.54. The summed E-state index contributed by atoms with van der Waals surface area (Å²) in [6.07, 6.45) is 0.615. The van der Waals surface area contributed by atoms with Gasteiger partial charge in [0.15, 0.2) is 0 Å². The highest BCUT2D eigenvalue weighted by Crippen LogP contribution is 2.29. The number of amides is 2. The molecule has 4 rings (SSSR count). The SMILES string of the molecule is N#Cc1cccc(-c2ccc3c(n2)N(C(=O)Nc2cccc(OC[C@H](O)CO)n2)CCC3)c1. The third kappa shape index (κ3) is 5.26. The molecular formula is C24H23N5O4. The van der Waals surface area contributed by atoms with Crippen LogP contribution < -0.4 is 15.0 Å². The van der Waals surface area contributed by atoms with Gasteiger partial charge in [-0.05, 0) is 42.7 Å². The summed E-state index contributed by atoms with van der Waals surface area (Å²) in [5, 5.41) is 30.3. The quantitative estimate of drug-likeness (QED) is 0.531. The average Bonchev–Trinajstić information content (AvgIpc) is 2.86. The van der Waals surface area contributed by atoms with Gasteiger partial charge in [-0.3, -0.25) is 10.2 Å². The number of carbonyl (C=O) groups excluding carboxylic acids is 1. The second kappa shape index (κ2) is 10.1. The number of benzene rings is 1. The highest BCUT2D eigenvalue weighted by Gasteiger charge is 2.25. The van der Waals surface area contributed by atoms with Crippen LogP contribution in [-0.4, -0.2) is 52.1 Å². The smallest absolute Gasteiger partial charge is 0.328 e. The summed E-state index contributed by atoms with van der Waals surface area (Å²) in [5.41, 5.74) is 3.00. The summed E-state index contributed by atoms with van der Waals surface area (Å²) >= 11 is 0. The fourth-order valence-corrected chi connectivity index (χ4v) is 3.52. The number of hydrogen-bond acceptors (Lipinski definition) is 7. The number of nitrogens with zero attached hydrogens (tertiary/aromatic N) is 4. The maximum atomic E-state index is 13.1. The van der Waals surface area contributed by atoms with E-state index in [9.17, 15) is 15.2 Å². The van der Waals surface area contributed by atoms with E-state index in [4.69, 9.17) is 14.8 Å². The summed E-state index contributed by atoms with van der Waals surface area (Å²) in [5.74, 6) is 1.09. The maximum absolute atomic E-state index is 13.1. The molecule has 1 atom stereocenters. The van der Waals surface area contributed by atoms with E-state index in [1.54, 1.807) is 41.3 Å². The molecule has 0 spiro atoms. The van der Waals surface area contributed by atoms with Gasteiger partial charge in [-0.25, -0.2) is 9.78 Å². The van der Waals surface area contributed by atoms with Crippen LogP contribution in [0.1, 0.15) is 17.5 Å². The highest BCUT2D eigenvalue weighted by molar-refractivity contribution is 6.01. The van der Waals surface area contributed by atoms with E-state index in [1.165, 1.54) is 0 Å². The van der Waals surface area contributed by atoms with Crippen molar-refractivity contribution in [1.82, 2.24) is 9.97 Å². The van der Waals surface area contributed by atoms with Crippen LogP contribution in [-0.2, 0) is 6.42 Å². The van der Waals surface area contributed by atoms with Gasteiger partial charge in [0.05, 0.1) is 23.9 Å². The lowest BCUT2D eigenvalue weighted by atomic mass is 10.0. The number of anilines is 2. The number of carbonyl (C=O) groups is 1. The molecule has 168 valence electrons. The van der Waals surface area contributed by atoms with Crippen molar-refractivity contribution in [2.24, 2.45) is 0 Å². The molecule has 9 heteroatoms. The minimum Gasteiger partial charge on any atom is -0.475 e. The van der Waals surface area contributed by atoms with Gasteiger partial charge in [-0.1, -0.05) is 24.3 Å². The molecule has 0 radical (unpaired) electrons. The number of aryl methyl sites for hydroxylation is 1. The molecule has 33 heavy (non-hydrogen) atoms. The van der Waals surface area contributed by atoms with Crippen LogP contribution in [0.5, 0.6) is 5.88 Å². The summed E-state index contributed by atoms with van der Waals surface area (Å²) in [6.45, 7) is -0.0207. The summed E-state index contributed by atoms with van der Waals surface area (Å²) in [7, 11) is 0. The molecule has 0 saturated carbocycles. The predicted molar refractivity (Wildman–Crippen MR) is 122 cm³/mol. The molecule has 0 fully saturated rings. The lowest BCUT2D eigenvalue weighted by molar-refractivity contribution is 0.0521. The largest absolute Gasteiger partial charge is 0.475 e. The summed E-state index contributed by atoms with van der Waals surface area (Å²) in [4.78, 5) is 23.6. The fourth-order valence-electron chi connectivity index (χ4n) is 3.52. The second-order valence-corrected chi connectivity index (χ2v) is 7.57. The number of aromatic nitrogens is 2. The topological polar surface area (TPSA) is 132 Å². The van der Waals surface area contributed by atoms with Crippen molar-refractivity contribution in [2.45, 2.75) is 18.9 Å². The van der Waals surface area contributed by atoms with E-state index in [-0.39, 0.29) is 18.5 Å². The van der Waals surface area contributed by atoms with Crippen molar-refractivity contribution in [3.8, 4) is 23.2 Å². The molecule has 1 aliphatic rings. The van der Waals surface area contributed by atoms with Gasteiger partial charge in [-0.15, -0.1) is 0 Å². The Hall–Kier alpha value is -4.00. The van der Waals surface area contributed by atoms with Gasteiger partial charge in [0.2, 0.25) is 5.88 Å². The van der Waals surface area contributed by atoms with Crippen LogP contribution in [0.4, 0.5) is 16.4 Å². The van der Waals surface area contributed by atoms with Crippen LogP contribution in [0, 0.1) is 11.3 Å². The van der Waals surface area contributed by atoms with Crippen molar-refractivity contribution in [1.29, 1.82) is 5.26 Å². The zero-order valence-electron chi connectivity index (χ0n) is 17.8. The van der Waals surface area contributed by atoms with E-state index in [1.807, 2.05) is 18.2 Å². The number of nitrogens with one attached hydrogen (secondary N) is 1. The molecule has 3 heterocycles. The fraction of sp³-hybridized carbons (Fsp3) is 0.250. The third-order valence-corrected chi connectivity index (χ3v) is 5.16. The first kappa shape index (κ1) is 22.2. The van der Waals surface area contributed by atoms with Gasteiger partial charge in [0, 0.05) is 18.2 Å². The van der Waals surface area contributed by atoms with Crippen molar-refractivity contribution in [3.63, 3.8) is 0 Å². The Kier molecular flexibility index (Phi) is 6.78. The van der Waals surface area contributed by atoms with Gasteiger partial charge in [0.1, 0.15) is 24.3 Å². The molecule has 3 N–H and O–H groups in total. The lowest BCUT2D eigenvalue weighted by Gasteiger charge is -2.28. The molecule has 0 bridgehead atoms. The molecule has 0 unspecified atom stereocenters. The lowest BCUT2D eigenvalue weighted by Crippen LogP contribution is -2.39. The summed E-state index contributed by atoms with van der Waals surface area (Å²) in [6, 6.07) is 17.7. The maximum Gasteiger partial charge on any atom is 0.328 e. The molecule has 0 aliphatic carbocycles. The Morgan fingerprint density at radius 3 is 2.88 bits per heavy atom. The molecule has 3 aromatic rings. The van der Waals surface area contributed by atoms with E-state index < -0.39 is 12.7 Å². The van der Waals surface area contributed by atoms with E-state index in [2.05, 4.69) is 16.4 Å². The van der Waals surface area contributed by atoms with Gasteiger partial charge in [-0.2, -0.15) is 10.2 Å². The monoisotopic (exact) mass is 445 g/mol. The van der Waals surface area contributed by atoms with Crippen LogP contribution in [0.2, 0.25) is 0 Å². The highest BCUT2D eigenvalue weighted by atomic mass is 16.5. The van der Waals surface area contributed by atoms with Crippen molar-refractivity contribution < 1.29 is 19.7 Å². The Morgan fingerprint density at radius 2 is 2.06 bits per heavy atom.